The van der Waals surface area contributed by atoms with E-state index in [4.69, 9.17) is 4.74 Å². The average molecular weight is 253 g/mol. The third-order valence-corrected chi connectivity index (χ3v) is 3.32. The Kier molecular flexibility index (Phi) is 3.54. The molecule has 0 spiro atoms. The molecule has 0 radical (unpaired) electrons. The van der Waals surface area contributed by atoms with Crippen LogP contribution in [0, 0.1) is 10.1 Å². The Morgan fingerprint density at radius 2 is 2.33 bits per heavy atom. The quantitative estimate of drug-likeness (QED) is 0.444. The van der Waals surface area contributed by atoms with Crippen LogP contribution in [-0.2, 0) is 6.54 Å². The van der Waals surface area contributed by atoms with Gasteiger partial charge in [-0.25, -0.2) is 0 Å². The Morgan fingerprint density at radius 1 is 1.56 bits per heavy atom. The van der Waals surface area contributed by atoms with Crippen molar-refractivity contribution in [1.82, 2.24) is 9.55 Å². The van der Waals surface area contributed by atoms with Gasteiger partial charge in [0.15, 0.2) is 0 Å². The molecule has 0 N–H and O–H groups in total. The maximum atomic E-state index is 10.6. The van der Waals surface area contributed by atoms with E-state index in [-0.39, 0.29) is 11.4 Å². The normalized spacial score (nSPS) is 21.7. The summed E-state index contributed by atoms with van der Waals surface area (Å²) >= 11 is 0. The molecule has 6 heteroatoms. The number of imidazole rings is 1. The number of fused-ring (bicyclic) bond motifs is 1. The fraction of sp³-hybridized carbons (Fsp3) is 0.750. The highest BCUT2D eigenvalue weighted by Gasteiger charge is 2.39. The van der Waals surface area contributed by atoms with Crippen molar-refractivity contribution in [3.05, 3.63) is 16.3 Å². The van der Waals surface area contributed by atoms with Gasteiger partial charge in [-0.05, 0) is 24.7 Å². The van der Waals surface area contributed by atoms with Crippen LogP contribution in [0.25, 0.3) is 0 Å². The maximum absolute atomic E-state index is 10.6. The summed E-state index contributed by atoms with van der Waals surface area (Å²) in [6.07, 6.45) is 7.20. The summed E-state index contributed by atoms with van der Waals surface area (Å²) in [7, 11) is 0. The summed E-state index contributed by atoms with van der Waals surface area (Å²) in [5.74, 6) is -0.141. The van der Waals surface area contributed by atoms with Gasteiger partial charge in [-0.15, -0.1) is 0 Å². The lowest BCUT2D eigenvalue weighted by Gasteiger charge is -2.21. The van der Waals surface area contributed by atoms with E-state index in [1.165, 1.54) is 25.5 Å². The highest BCUT2D eigenvalue weighted by molar-refractivity contribution is 5.23. The molecule has 0 unspecified atom stereocenters. The lowest BCUT2D eigenvalue weighted by atomic mass is 9.98. The van der Waals surface area contributed by atoms with Gasteiger partial charge in [-0.1, -0.05) is 26.2 Å². The number of ether oxygens (including phenoxy) is 1. The molecule has 18 heavy (non-hydrogen) atoms. The highest BCUT2D eigenvalue weighted by atomic mass is 16.6. The molecule has 1 aromatic heterocycles. The van der Waals surface area contributed by atoms with E-state index in [1.54, 1.807) is 4.57 Å². The van der Waals surface area contributed by atoms with Crippen LogP contribution in [-0.4, -0.2) is 20.1 Å². The average Bonchev–Trinajstić information content (AvgIpc) is 2.79. The van der Waals surface area contributed by atoms with Crippen molar-refractivity contribution in [3.63, 3.8) is 0 Å². The first-order valence-electron chi connectivity index (χ1n) is 6.45. The lowest BCUT2D eigenvalue weighted by Crippen LogP contribution is -2.31. The van der Waals surface area contributed by atoms with Gasteiger partial charge in [0.2, 0.25) is 0 Å². The van der Waals surface area contributed by atoms with E-state index in [0.29, 0.717) is 12.6 Å². The number of rotatable bonds is 6. The molecule has 0 aliphatic carbocycles. The van der Waals surface area contributed by atoms with E-state index in [9.17, 15) is 10.1 Å². The van der Waals surface area contributed by atoms with E-state index >= 15 is 0 Å². The van der Waals surface area contributed by atoms with Crippen LogP contribution in [0.1, 0.15) is 46.0 Å². The molecule has 0 fully saturated rings. The highest BCUT2D eigenvalue weighted by Crippen LogP contribution is 2.33. The van der Waals surface area contributed by atoms with Gasteiger partial charge in [0.25, 0.3) is 0 Å². The summed E-state index contributed by atoms with van der Waals surface area (Å²) in [5, 5.41) is 10.6. The molecule has 0 saturated heterocycles. The summed E-state index contributed by atoms with van der Waals surface area (Å²) in [5.41, 5.74) is -0.259. The summed E-state index contributed by atoms with van der Waals surface area (Å²) in [6.45, 7) is 4.87. The molecule has 2 rings (SSSR count). The molecule has 0 amide bonds. The van der Waals surface area contributed by atoms with Crippen LogP contribution in [0.4, 0.5) is 5.82 Å². The van der Waals surface area contributed by atoms with E-state index < -0.39 is 4.92 Å². The first-order valence-corrected chi connectivity index (χ1v) is 6.45. The van der Waals surface area contributed by atoms with Gasteiger partial charge in [0, 0.05) is 4.98 Å². The van der Waals surface area contributed by atoms with Crippen molar-refractivity contribution in [2.24, 2.45) is 0 Å². The van der Waals surface area contributed by atoms with Crippen LogP contribution in [0.3, 0.4) is 0 Å². The number of hydrogen-bond donors (Lipinski definition) is 0. The van der Waals surface area contributed by atoms with Gasteiger partial charge < -0.3 is 14.9 Å². The van der Waals surface area contributed by atoms with Gasteiger partial charge in [0.1, 0.15) is 11.8 Å². The van der Waals surface area contributed by atoms with Crippen LogP contribution in [0.15, 0.2) is 6.20 Å². The van der Waals surface area contributed by atoms with Crippen molar-refractivity contribution >= 4 is 5.82 Å². The molecule has 6 nitrogen and oxygen atoms in total. The molecule has 1 aliphatic rings. The molecule has 100 valence electrons. The fourth-order valence-corrected chi connectivity index (χ4v) is 2.34. The Labute approximate surface area is 106 Å². The minimum absolute atomic E-state index is 0.141. The van der Waals surface area contributed by atoms with Crippen LogP contribution < -0.4 is 4.74 Å². The third kappa shape index (κ3) is 2.63. The first-order chi connectivity index (χ1) is 8.54. The van der Waals surface area contributed by atoms with Crippen molar-refractivity contribution in [2.45, 2.75) is 58.1 Å². The molecule has 1 aliphatic heterocycles. The van der Waals surface area contributed by atoms with E-state index in [2.05, 4.69) is 11.9 Å². The van der Waals surface area contributed by atoms with E-state index in [1.807, 2.05) is 6.92 Å². The van der Waals surface area contributed by atoms with Crippen LogP contribution in [0.2, 0.25) is 0 Å². The monoisotopic (exact) mass is 253 g/mol. The third-order valence-electron chi connectivity index (χ3n) is 3.32. The Morgan fingerprint density at radius 3 is 2.94 bits per heavy atom. The predicted molar refractivity (Wildman–Crippen MR) is 66.7 cm³/mol. The van der Waals surface area contributed by atoms with Crippen molar-refractivity contribution in [1.29, 1.82) is 0 Å². The lowest BCUT2D eigenvalue weighted by molar-refractivity contribution is -0.389. The second-order valence-electron chi connectivity index (χ2n) is 5.13. The van der Waals surface area contributed by atoms with Crippen molar-refractivity contribution < 1.29 is 9.66 Å². The number of unbranched alkanes of at least 4 members (excludes halogenated alkanes) is 3. The molecule has 1 aromatic rings. The minimum Gasteiger partial charge on any atom is -0.438 e. The SMILES string of the molecule is CCCCCC[C@@]1(C)Cn2cc([N+](=O)[O-])nc2O1. The van der Waals surface area contributed by atoms with Crippen molar-refractivity contribution in [2.75, 3.05) is 0 Å². The maximum Gasteiger partial charge on any atom is 0.414 e. The Hall–Kier alpha value is -1.59. The van der Waals surface area contributed by atoms with E-state index in [0.717, 1.165) is 12.8 Å². The molecule has 0 aromatic carbocycles. The van der Waals surface area contributed by atoms with Gasteiger partial charge in [-0.3, -0.25) is 4.57 Å². The largest absolute Gasteiger partial charge is 0.438 e. The number of hydrogen-bond acceptors (Lipinski definition) is 4. The van der Waals surface area contributed by atoms with Gasteiger partial charge >= 0.3 is 11.8 Å². The summed E-state index contributed by atoms with van der Waals surface area (Å²) in [6, 6.07) is 0.375. The fourth-order valence-electron chi connectivity index (χ4n) is 2.34. The van der Waals surface area contributed by atoms with Crippen LogP contribution in [0.5, 0.6) is 6.01 Å². The molecule has 0 saturated carbocycles. The van der Waals surface area contributed by atoms with Crippen molar-refractivity contribution in [3.8, 4) is 6.01 Å². The van der Waals surface area contributed by atoms with Gasteiger partial charge in [-0.2, -0.15) is 0 Å². The molecule has 2 heterocycles. The molecular weight excluding hydrogens is 234 g/mol. The number of aromatic nitrogens is 2. The number of nitro groups is 1. The molecule has 0 bridgehead atoms. The summed E-state index contributed by atoms with van der Waals surface area (Å²) in [4.78, 5) is 14.0. The standard InChI is InChI=1S/C12H19N3O3/c1-3-4-5-6-7-12(2)9-14-8-10(15(16)17)13-11(14)18-12/h8H,3-7,9H2,1-2H3/t12-/m0/s1. The summed E-state index contributed by atoms with van der Waals surface area (Å²) < 4.78 is 7.49. The smallest absolute Gasteiger partial charge is 0.414 e. The topological polar surface area (TPSA) is 70.2 Å². The zero-order chi connectivity index (χ0) is 13.2. The molecule has 1 atom stereocenters. The second kappa shape index (κ2) is 4.96. The Bertz CT molecular complexity index is 418. The number of nitrogens with zero attached hydrogens (tertiary/aromatic N) is 3. The predicted octanol–water partition coefficient (Wildman–Crippen LogP) is 2.91. The van der Waals surface area contributed by atoms with Gasteiger partial charge in [0.05, 0.1) is 6.54 Å². The zero-order valence-electron chi connectivity index (χ0n) is 10.9. The first kappa shape index (κ1) is 12.9. The molecular formula is C12H19N3O3. The second-order valence-corrected chi connectivity index (χ2v) is 5.13. The zero-order valence-corrected chi connectivity index (χ0v) is 10.9. The minimum atomic E-state index is -0.493. The van der Waals surface area contributed by atoms with Crippen LogP contribution >= 0.6 is 0 Å². The Balaban J connectivity index is 1.92.